The van der Waals surface area contributed by atoms with E-state index >= 15 is 0 Å². The number of benzene rings is 2. The molecule has 0 saturated heterocycles. The molecule has 0 N–H and O–H groups in total. The van der Waals surface area contributed by atoms with E-state index in [0.29, 0.717) is 0 Å². The Labute approximate surface area is 144 Å². The fraction of sp³-hybridized carbons (Fsp3) is 0.273. The van der Waals surface area contributed by atoms with Gasteiger partial charge in [0.1, 0.15) is 4.87 Å². The van der Waals surface area contributed by atoms with E-state index in [0.717, 1.165) is 12.8 Å². The molecule has 0 fully saturated rings. The number of allylic oxidation sites excluding steroid dienone is 4. The van der Waals surface area contributed by atoms with E-state index in [2.05, 4.69) is 86.7 Å². The quantitative estimate of drug-likeness (QED) is 0.590. The third-order valence-electron chi connectivity index (χ3n) is 4.81. The van der Waals surface area contributed by atoms with Crippen LogP contribution in [0.15, 0.2) is 72.8 Å². The predicted molar refractivity (Wildman–Crippen MR) is 100 cm³/mol. The average molecular weight is 323 g/mol. The Morgan fingerprint density at radius 3 is 2.39 bits per heavy atom. The smallest absolute Gasteiger partial charge is 0.101 e. The number of alkyl halides is 1. The van der Waals surface area contributed by atoms with Crippen molar-refractivity contribution in [3.05, 3.63) is 95.1 Å². The van der Waals surface area contributed by atoms with E-state index in [4.69, 9.17) is 11.6 Å². The van der Waals surface area contributed by atoms with Crippen molar-refractivity contribution in [1.29, 1.82) is 0 Å². The molecule has 0 nitrogen and oxygen atoms in total. The fourth-order valence-corrected chi connectivity index (χ4v) is 3.91. The predicted octanol–water partition coefficient (Wildman–Crippen LogP) is 6.17. The molecule has 0 aliphatic heterocycles. The molecule has 23 heavy (non-hydrogen) atoms. The maximum Gasteiger partial charge on any atom is 0.101 e. The second kappa shape index (κ2) is 6.76. The van der Waals surface area contributed by atoms with Crippen molar-refractivity contribution in [2.75, 3.05) is 0 Å². The van der Waals surface area contributed by atoms with Crippen LogP contribution in [0.5, 0.6) is 0 Å². The lowest BCUT2D eigenvalue weighted by molar-refractivity contribution is 0.514. The zero-order chi connectivity index (χ0) is 16.3. The Kier molecular flexibility index (Phi) is 4.73. The summed E-state index contributed by atoms with van der Waals surface area (Å²) in [5, 5.41) is 0. The molecular weight excluding hydrogens is 300 g/mol. The summed E-state index contributed by atoms with van der Waals surface area (Å²) in [7, 11) is 0. The Hall–Kier alpha value is -1.79. The minimum absolute atomic E-state index is 0.253. The summed E-state index contributed by atoms with van der Waals surface area (Å²) in [5.74, 6) is 0.253. The maximum absolute atomic E-state index is 7.38. The van der Waals surface area contributed by atoms with E-state index in [1.54, 1.807) is 0 Å². The van der Waals surface area contributed by atoms with Crippen LogP contribution in [0.3, 0.4) is 0 Å². The summed E-state index contributed by atoms with van der Waals surface area (Å²) in [6.45, 7) is 4.33. The molecule has 2 aromatic carbocycles. The molecule has 3 rings (SSSR count). The van der Waals surface area contributed by atoms with Gasteiger partial charge < -0.3 is 0 Å². The molecule has 0 amide bonds. The molecule has 118 valence electrons. The summed E-state index contributed by atoms with van der Waals surface area (Å²) in [6.07, 6.45) is 10.7. The Bertz CT molecular complexity index is 724. The number of aryl methyl sites for hydroxylation is 2. The highest BCUT2D eigenvalue weighted by atomic mass is 35.5. The second-order valence-electron chi connectivity index (χ2n) is 6.23. The Morgan fingerprint density at radius 2 is 1.78 bits per heavy atom. The zero-order valence-corrected chi connectivity index (χ0v) is 14.6. The number of rotatable bonds is 4. The Morgan fingerprint density at radius 1 is 1.04 bits per heavy atom. The van der Waals surface area contributed by atoms with Gasteiger partial charge in [0.05, 0.1) is 0 Å². The molecule has 2 atom stereocenters. The summed E-state index contributed by atoms with van der Waals surface area (Å²) >= 11 is 7.38. The maximum atomic E-state index is 7.38. The van der Waals surface area contributed by atoms with Crippen LogP contribution in [-0.2, 0) is 11.3 Å². The van der Waals surface area contributed by atoms with Gasteiger partial charge in [0.2, 0.25) is 0 Å². The minimum Gasteiger partial charge on any atom is -0.108 e. The van der Waals surface area contributed by atoms with Crippen molar-refractivity contribution < 1.29 is 0 Å². The van der Waals surface area contributed by atoms with Gasteiger partial charge >= 0.3 is 0 Å². The number of hydrogen-bond donors (Lipinski definition) is 0. The molecule has 1 aliphatic carbocycles. The molecule has 2 aromatic rings. The standard InChI is InChI=1S/C22H23Cl/c1-3-18-13-15-20(16-14-18)22(23,19-10-5-4-6-11-19)21-12-8-7-9-17(21)2/h4-10,12-16,19H,3,11H2,1-2H3. The van der Waals surface area contributed by atoms with Crippen LogP contribution in [0.2, 0.25) is 0 Å². The van der Waals surface area contributed by atoms with Crippen molar-refractivity contribution in [3.63, 3.8) is 0 Å². The number of halogens is 1. The highest BCUT2D eigenvalue weighted by Crippen LogP contribution is 2.47. The first kappa shape index (κ1) is 16.1. The van der Waals surface area contributed by atoms with Gasteiger partial charge in [-0.2, -0.15) is 0 Å². The monoisotopic (exact) mass is 322 g/mol. The SMILES string of the molecule is CCc1ccc(C(Cl)(c2ccccc2C)C2C=CC=CC2)cc1. The van der Waals surface area contributed by atoms with E-state index in [-0.39, 0.29) is 5.92 Å². The molecule has 1 aliphatic rings. The second-order valence-corrected chi connectivity index (χ2v) is 6.83. The highest BCUT2D eigenvalue weighted by molar-refractivity contribution is 6.26. The van der Waals surface area contributed by atoms with Gasteiger partial charge in [-0.15, -0.1) is 11.6 Å². The van der Waals surface area contributed by atoms with Crippen LogP contribution < -0.4 is 0 Å². The lowest BCUT2D eigenvalue weighted by Crippen LogP contribution is -2.31. The van der Waals surface area contributed by atoms with Crippen molar-refractivity contribution in [2.45, 2.75) is 31.6 Å². The first-order valence-electron chi connectivity index (χ1n) is 8.34. The fourth-order valence-electron chi connectivity index (χ4n) is 3.41. The third-order valence-corrected chi connectivity index (χ3v) is 5.51. The van der Waals surface area contributed by atoms with E-state index in [1.807, 2.05) is 0 Å². The zero-order valence-electron chi connectivity index (χ0n) is 13.8. The average Bonchev–Trinajstić information content (AvgIpc) is 2.62. The largest absolute Gasteiger partial charge is 0.108 e. The van der Waals surface area contributed by atoms with Crippen molar-refractivity contribution >= 4 is 11.6 Å². The van der Waals surface area contributed by atoms with Crippen molar-refractivity contribution in [2.24, 2.45) is 5.92 Å². The molecule has 2 unspecified atom stereocenters. The normalized spacial score (nSPS) is 19.5. The first-order chi connectivity index (χ1) is 11.2. The van der Waals surface area contributed by atoms with Gasteiger partial charge in [-0.1, -0.05) is 79.8 Å². The molecular formula is C22H23Cl. The molecule has 0 saturated carbocycles. The van der Waals surface area contributed by atoms with Gasteiger partial charge in [0.15, 0.2) is 0 Å². The van der Waals surface area contributed by atoms with Crippen LogP contribution in [0, 0.1) is 12.8 Å². The van der Waals surface area contributed by atoms with Crippen LogP contribution in [0.1, 0.15) is 35.6 Å². The molecule has 0 bridgehead atoms. The topological polar surface area (TPSA) is 0 Å². The first-order valence-corrected chi connectivity index (χ1v) is 8.71. The molecule has 0 heterocycles. The van der Waals surface area contributed by atoms with Gasteiger partial charge in [0.25, 0.3) is 0 Å². The highest BCUT2D eigenvalue weighted by Gasteiger charge is 2.39. The summed E-state index contributed by atoms with van der Waals surface area (Å²) < 4.78 is 0. The van der Waals surface area contributed by atoms with Gasteiger partial charge in [-0.25, -0.2) is 0 Å². The minimum atomic E-state index is -0.529. The molecule has 0 aromatic heterocycles. The number of hydrogen-bond acceptors (Lipinski definition) is 0. The Balaban J connectivity index is 2.14. The van der Waals surface area contributed by atoms with Crippen LogP contribution in [-0.4, -0.2) is 0 Å². The van der Waals surface area contributed by atoms with Gasteiger partial charge in [-0.3, -0.25) is 0 Å². The van der Waals surface area contributed by atoms with E-state index in [9.17, 15) is 0 Å². The van der Waals surface area contributed by atoms with Crippen LogP contribution in [0.4, 0.5) is 0 Å². The van der Waals surface area contributed by atoms with Gasteiger partial charge in [-0.05, 0) is 42.0 Å². The third kappa shape index (κ3) is 3.01. The summed E-state index contributed by atoms with van der Waals surface area (Å²) in [4.78, 5) is -0.529. The summed E-state index contributed by atoms with van der Waals surface area (Å²) in [6, 6.07) is 17.3. The van der Waals surface area contributed by atoms with Crippen LogP contribution >= 0.6 is 11.6 Å². The lowest BCUT2D eigenvalue weighted by Gasteiger charge is -2.36. The van der Waals surface area contributed by atoms with Gasteiger partial charge in [0, 0.05) is 5.92 Å². The van der Waals surface area contributed by atoms with E-state index < -0.39 is 4.87 Å². The molecule has 1 heteroatoms. The molecule has 0 radical (unpaired) electrons. The lowest BCUT2D eigenvalue weighted by atomic mass is 9.75. The molecule has 0 spiro atoms. The summed E-state index contributed by atoms with van der Waals surface area (Å²) in [5.41, 5.74) is 4.97. The van der Waals surface area contributed by atoms with Crippen LogP contribution in [0.25, 0.3) is 0 Å². The van der Waals surface area contributed by atoms with Crippen molar-refractivity contribution in [1.82, 2.24) is 0 Å². The van der Waals surface area contributed by atoms with Crippen molar-refractivity contribution in [3.8, 4) is 0 Å². The van der Waals surface area contributed by atoms with E-state index in [1.165, 1.54) is 22.3 Å².